The number of benzene rings is 2. The highest BCUT2D eigenvalue weighted by Crippen LogP contribution is 2.26. The van der Waals surface area contributed by atoms with E-state index in [0.717, 1.165) is 17.4 Å². The van der Waals surface area contributed by atoms with Crippen molar-refractivity contribution >= 4 is 6.29 Å². The van der Waals surface area contributed by atoms with Gasteiger partial charge in [-0.1, -0.05) is 12.1 Å². The highest BCUT2D eigenvalue weighted by Gasteiger charge is 2.30. The molecule has 23 heavy (non-hydrogen) atoms. The van der Waals surface area contributed by atoms with E-state index in [1.807, 2.05) is 13.8 Å². The molecule has 2 rings (SSSR count). The number of alkyl halides is 3. The molecule has 0 aliphatic heterocycles. The molecule has 0 radical (unpaired) electrons. The molecule has 0 aromatic heterocycles. The maximum atomic E-state index is 12.1. The SMILES string of the molecule is Cc1cc(C=O)cc(C)c1OCc1ccc(OC(F)(F)F)cc1. The van der Waals surface area contributed by atoms with E-state index >= 15 is 0 Å². The van der Waals surface area contributed by atoms with Crippen LogP contribution >= 0.6 is 0 Å². The second-order valence-corrected chi connectivity index (χ2v) is 5.08. The van der Waals surface area contributed by atoms with E-state index in [9.17, 15) is 18.0 Å². The minimum atomic E-state index is -4.70. The maximum absolute atomic E-state index is 12.1. The zero-order valence-corrected chi connectivity index (χ0v) is 12.6. The van der Waals surface area contributed by atoms with Gasteiger partial charge in [0.1, 0.15) is 24.4 Å². The lowest BCUT2D eigenvalue weighted by Crippen LogP contribution is -2.17. The van der Waals surface area contributed by atoms with E-state index in [-0.39, 0.29) is 12.4 Å². The first-order valence-electron chi connectivity index (χ1n) is 6.82. The molecular weight excluding hydrogens is 309 g/mol. The molecule has 6 heteroatoms. The lowest BCUT2D eigenvalue weighted by Gasteiger charge is -2.13. The third-order valence-corrected chi connectivity index (χ3v) is 3.16. The molecule has 0 bridgehead atoms. The zero-order chi connectivity index (χ0) is 17.0. The lowest BCUT2D eigenvalue weighted by molar-refractivity contribution is -0.274. The summed E-state index contributed by atoms with van der Waals surface area (Å²) in [6.07, 6.45) is -3.93. The van der Waals surface area contributed by atoms with Gasteiger partial charge in [0.05, 0.1) is 0 Å². The fraction of sp³-hybridized carbons (Fsp3) is 0.235. The Balaban J connectivity index is 2.05. The van der Waals surface area contributed by atoms with Crippen molar-refractivity contribution in [1.82, 2.24) is 0 Å². The van der Waals surface area contributed by atoms with Crippen LogP contribution in [0.25, 0.3) is 0 Å². The first-order chi connectivity index (χ1) is 10.8. The summed E-state index contributed by atoms with van der Waals surface area (Å²) in [6.45, 7) is 3.86. The van der Waals surface area contributed by atoms with Crippen LogP contribution in [0.2, 0.25) is 0 Å². The quantitative estimate of drug-likeness (QED) is 0.754. The first kappa shape index (κ1) is 16.9. The molecule has 0 spiro atoms. The second kappa shape index (κ2) is 6.73. The van der Waals surface area contributed by atoms with Gasteiger partial charge in [-0.05, 0) is 54.8 Å². The van der Waals surface area contributed by atoms with Crippen molar-refractivity contribution in [3.8, 4) is 11.5 Å². The van der Waals surface area contributed by atoms with Crippen molar-refractivity contribution in [3.63, 3.8) is 0 Å². The monoisotopic (exact) mass is 324 g/mol. The van der Waals surface area contributed by atoms with Gasteiger partial charge in [0.2, 0.25) is 0 Å². The van der Waals surface area contributed by atoms with E-state index in [4.69, 9.17) is 4.74 Å². The van der Waals surface area contributed by atoms with Crippen LogP contribution in [0.5, 0.6) is 11.5 Å². The molecule has 0 atom stereocenters. The molecule has 2 aromatic rings. The Morgan fingerprint density at radius 3 is 2.09 bits per heavy atom. The Morgan fingerprint density at radius 2 is 1.61 bits per heavy atom. The van der Waals surface area contributed by atoms with Gasteiger partial charge < -0.3 is 9.47 Å². The number of carbonyl (C=O) groups is 1. The summed E-state index contributed by atoms with van der Waals surface area (Å²) in [6, 6.07) is 8.92. The Labute approximate surface area is 131 Å². The van der Waals surface area contributed by atoms with E-state index in [2.05, 4.69) is 4.74 Å². The molecule has 2 aromatic carbocycles. The number of rotatable bonds is 5. The van der Waals surface area contributed by atoms with Gasteiger partial charge in [-0.25, -0.2) is 0 Å². The highest BCUT2D eigenvalue weighted by molar-refractivity contribution is 5.76. The molecule has 3 nitrogen and oxygen atoms in total. The maximum Gasteiger partial charge on any atom is 0.573 e. The molecule has 0 saturated carbocycles. The summed E-state index contributed by atoms with van der Waals surface area (Å²) < 4.78 is 45.8. The van der Waals surface area contributed by atoms with Gasteiger partial charge in [0.25, 0.3) is 0 Å². The fourth-order valence-corrected chi connectivity index (χ4v) is 2.22. The number of carbonyl (C=O) groups excluding carboxylic acids is 1. The topological polar surface area (TPSA) is 35.5 Å². The van der Waals surface area contributed by atoms with E-state index in [1.165, 1.54) is 24.3 Å². The van der Waals surface area contributed by atoms with E-state index in [1.54, 1.807) is 12.1 Å². The number of aryl methyl sites for hydroxylation is 2. The number of halogens is 3. The van der Waals surface area contributed by atoms with E-state index in [0.29, 0.717) is 16.9 Å². The predicted molar refractivity (Wildman–Crippen MR) is 78.8 cm³/mol. The number of ether oxygens (including phenoxy) is 2. The van der Waals surface area contributed by atoms with Crippen molar-refractivity contribution in [2.75, 3.05) is 0 Å². The molecule has 0 amide bonds. The van der Waals surface area contributed by atoms with Gasteiger partial charge in [-0.15, -0.1) is 13.2 Å². The first-order valence-corrected chi connectivity index (χ1v) is 6.82. The molecule has 0 N–H and O–H groups in total. The van der Waals surface area contributed by atoms with Crippen molar-refractivity contribution in [1.29, 1.82) is 0 Å². The third-order valence-electron chi connectivity index (χ3n) is 3.16. The van der Waals surface area contributed by atoms with E-state index < -0.39 is 6.36 Å². The Bertz CT molecular complexity index is 668. The Morgan fingerprint density at radius 1 is 1.04 bits per heavy atom. The van der Waals surface area contributed by atoms with Crippen molar-refractivity contribution < 1.29 is 27.4 Å². The largest absolute Gasteiger partial charge is 0.573 e. The summed E-state index contributed by atoms with van der Waals surface area (Å²) in [4.78, 5) is 10.8. The van der Waals surface area contributed by atoms with Crippen molar-refractivity contribution in [3.05, 3.63) is 58.7 Å². The summed E-state index contributed by atoms with van der Waals surface area (Å²) in [7, 11) is 0. The molecule has 122 valence electrons. The summed E-state index contributed by atoms with van der Waals surface area (Å²) in [5.74, 6) is 0.384. The van der Waals surface area contributed by atoms with Crippen LogP contribution in [0.4, 0.5) is 13.2 Å². The third kappa shape index (κ3) is 4.74. The molecule has 0 heterocycles. The number of hydrogen-bond acceptors (Lipinski definition) is 3. The standard InChI is InChI=1S/C17H15F3O3/c1-11-7-14(9-21)8-12(2)16(11)22-10-13-3-5-15(6-4-13)23-17(18,19)20/h3-9H,10H2,1-2H3. The summed E-state index contributed by atoms with van der Waals surface area (Å²) >= 11 is 0. The second-order valence-electron chi connectivity index (χ2n) is 5.08. The van der Waals surface area contributed by atoms with Gasteiger partial charge in [-0.3, -0.25) is 4.79 Å². The predicted octanol–water partition coefficient (Wildman–Crippen LogP) is 4.59. The normalized spacial score (nSPS) is 11.2. The van der Waals surface area contributed by atoms with Crippen molar-refractivity contribution in [2.24, 2.45) is 0 Å². The van der Waals surface area contributed by atoms with Gasteiger partial charge in [-0.2, -0.15) is 0 Å². The van der Waals surface area contributed by atoms with Crippen LogP contribution in [0.15, 0.2) is 36.4 Å². The zero-order valence-electron chi connectivity index (χ0n) is 12.6. The number of aldehydes is 1. The van der Waals surface area contributed by atoms with Gasteiger partial charge in [0, 0.05) is 5.56 Å². The van der Waals surface area contributed by atoms with Crippen LogP contribution in [-0.4, -0.2) is 12.6 Å². The lowest BCUT2D eigenvalue weighted by atomic mass is 10.1. The van der Waals surface area contributed by atoms with Gasteiger partial charge in [0.15, 0.2) is 0 Å². The Kier molecular flexibility index (Phi) is 4.93. The van der Waals surface area contributed by atoms with Crippen LogP contribution in [0.1, 0.15) is 27.0 Å². The highest BCUT2D eigenvalue weighted by atomic mass is 19.4. The van der Waals surface area contributed by atoms with Crippen LogP contribution in [-0.2, 0) is 6.61 Å². The van der Waals surface area contributed by atoms with Crippen LogP contribution in [0, 0.1) is 13.8 Å². The fourth-order valence-electron chi connectivity index (χ4n) is 2.22. The van der Waals surface area contributed by atoms with Crippen LogP contribution in [0.3, 0.4) is 0 Å². The summed E-state index contributed by atoms with van der Waals surface area (Å²) in [5, 5.41) is 0. The smallest absolute Gasteiger partial charge is 0.488 e. The minimum Gasteiger partial charge on any atom is -0.488 e. The van der Waals surface area contributed by atoms with Gasteiger partial charge >= 0.3 is 6.36 Å². The molecule has 0 aliphatic rings. The summed E-state index contributed by atoms with van der Waals surface area (Å²) in [5.41, 5.74) is 2.92. The average Bonchev–Trinajstić information content (AvgIpc) is 2.46. The minimum absolute atomic E-state index is 0.203. The number of hydrogen-bond donors (Lipinski definition) is 0. The Hall–Kier alpha value is -2.50. The molecule has 0 fully saturated rings. The molecule has 0 aliphatic carbocycles. The van der Waals surface area contributed by atoms with Crippen molar-refractivity contribution in [2.45, 2.75) is 26.8 Å². The molecule has 0 unspecified atom stereocenters. The molecule has 0 saturated heterocycles. The van der Waals surface area contributed by atoms with Crippen LogP contribution < -0.4 is 9.47 Å². The average molecular weight is 324 g/mol. The molecular formula is C17H15F3O3.